The summed E-state index contributed by atoms with van der Waals surface area (Å²) in [5.74, 6) is -0.970. The molecule has 57 heavy (non-hydrogen) atoms. The molecule has 0 aromatic rings. The van der Waals surface area contributed by atoms with Crippen molar-refractivity contribution in [2.45, 2.75) is 180 Å². The van der Waals surface area contributed by atoms with Gasteiger partial charge in [0, 0.05) is 12.8 Å². The molecule has 10 nitrogen and oxygen atoms in total. The Morgan fingerprint density at radius 1 is 0.544 bits per heavy atom. The van der Waals surface area contributed by atoms with Gasteiger partial charge in [0.25, 0.3) is 0 Å². The summed E-state index contributed by atoms with van der Waals surface area (Å²) in [4.78, 5) is 35.0. The van der Waals surface area contributed by atoms with Crippen molar-refractivity contribution in [2.75, 3.05) is 26.4 Å². The van der Waals surface area contributed by atoms with E-state index in [0.29, 0.717) is 12.8 Å². The van der Waals surface area contributed by atoms with E-state index >= 15 is 0 Å². The van der Waals surface area contributed by atoms with Crippen molar-refractivity contribution in [1.29, 1.82) is 0 Å². The fourth-order valence-electron chi connectivity index (χ4n) is 5.47. The van der Waals surface area contributed by atoms with E-state index in [1.807, 2.05) is 0 Å². The lowest BCUT2D eigenvalue weighted by molar-refractivity contribution is -0.161. The molecule has 0 saturated carbocycles. The highest BCUT2D eigenvalue weighted by molar-refractivity contribution is 7.47. The maximum Gasteiger partial charge on any atom is 0.472 e. The van der Waals surface area contributed by atoms with E-state index in [4.69, 9.17) is 19.1 Å². The maximum absolute atomic E-state index is 12.6. The molecule has 1 unspecified atom stereocenters. The Morgan fingerprint density at radius 2 is 0.965 bits per heavy atom. The summed E-state index contributed by atoms with van der Waals surface area (Å²) >= 11 is 0. The molecule has 11 heteroatoms. The highest BCUT2D eigenvalue weighted by Crippen LogP contribution is 2.43. The fourth-order valence-corrected chi connectivity index (χ4v) is 6.26. The number of aliphatic hydroxyl groups excluding tert-OH is 2. The predicted octanol–water partition coefficient (Wildman–Crippen LogP) is 11.7. The van der Waals surface area contributed by atoms with Gasteiger partial charge in [-0.2, -0.15) is 0 Å². The number of carbonyl (C=O) groups excluding carboxylic acids is 2. The van der Waals surface area contributed by atoms with Crippen LogP contribution < -0.4 is 0 Å². The van der Waals surface area contributed by atoms with Gasteiger partial charge in [0.1, 0.15) is 12.7 Å². The van der Waals surface area contributed by atoms with Crippen molar-refractivity contribution in [3.63, 3.8) is 0 Å². The lowest BCUT2D eigenvalue weighted by Gasteiger charge is -2.20. The van der Waals surface area contributed by atoms with Crippen LogP contribution in [-0.4, -0.2) is 65.7 Å². The zero-order valence-corrected chi connectivity index (χ0v) is 36.4. The van der Waals surface area contributed by atoms with Crippen molar-refractivity contribution in [2.24, 2.45) is 0 Å². The molecule has 3 atom stereocenters. The molecule has 0 aliphatic carbocycles. The zero-order chi connectivity index (χ0) is 41.9. The van der Waals surface area contributed by atoms with Crippen LogP contribution in [0.1, 0.15) is 168 Å². The molecule has 328 valence electrons. The van der Waals surface area contributed by atoms with Gasteiger partial charge in [-0.3, -0.25) is 18.6 Å². The van der Waals surface area contributed by atoms with Crippen molar-refractivity contribution in [1.82, 2.24) is 0 Å². The first-order chi connectivity index (χ1) is 27.7. The van der Waals surface area contributed by atoms with Gasteiger partial charge in [-0.15, -0.1) is 0 Å². The van der Waals surface area contributed by atoms with Gasteiger partial charge in [0.05, 0.1) is 19.8 Å². The third kappa shape index (κ3) is 41.4. The Bertz CT molecular complexity index is 1180. The van der Waals surface area contributed by atoms with Crippen molar-refractivity contribution in [3.05, 3.63) is 72.9 Å². The summed E-state index contributed by atoms with van der Waals surface area (Å²) in [6.07, 6.45) is 47.2. The number of esters is 2. The molecule has 0 rings (SSSR count). The van der Waals surface area contributed by atoms with Gasteiger partial charge in [0.2, 0.25) is 0 Å². The number of phosphoric ester groups is 1. The van der Waals surface area contributed by atoms with Gasteiger partial charge in [-0.1, -0.05) is 151 Å². The number of ether oxygens (including phenoxy) is 2. The predicted molar refractivity (Wildman–Crippen MR) is 233 cm³/mol. The minimum atomic E-state index is -4.63. The number of carbonyl (C=O) groups is 2. The van der Waals surface area contributed by atoms with Crippen LogP contribution in [0.5, 0.6) is 0 Å². The lowest BCUT2D eigenvalue weighted by Crippen LogP contribution is -2.29. The molecule has 0 aliphatic rings. The van der Waals surface area contributed by atoms with Crippen molar-refractivity contribution < 1.29 is 47.8 Å². The van der Waals surface area contributed by atoms with Gasteiger partial charge in [-0.25, -0.2) is 4.57 Å². The van der Waals surface area contributed by atoms with Crippen LogP contribution in [0.25, 0.3) is 0 Å². The summed E-state index contributed by atoms with van der Waals surface area (Å²) in [7, 11) is -4.63. The first kappa shape index (κ1) is 54.4. The van der Waals surface area contributed by atoms with Crippen LogP contribution in [0.3, 0.4) is 0 Å². The topological polar surface area (TPSA) is 149 Å². The van der Waals surface area contributed by atoms with Gasteiger partial charge in [0.15, 0.2) is 6.10 Å². The third-order valence-electron chi connectivity index (χ3n) is 8.84. The smallest absolute Gasteiger partial charge is 0.462 e. The maximum atomic E-state index is 12.6. The van der Waals surface area contributed by atoms with Gasteiger partial charge < -0.3 is 24.6 Å². The molecular weight excluding hydrogens is 743 g/mol. The molecule has 0 aromatic heterocycles. The fraction of sp³-hybridized carbons (Fsp3) is 0.696. The average Bonchev–Trinajstić information content (AvgIpc) is 3.20. The summed E-state index contributed by atoms with van der Waals surface area (Å²) in [6.45, 7) is 2.19. The molecule has 0 bridgehead atoms. The second-order valence-electron chi connectivity index (χ2n) is 14.3. The summed E-state index contributed by atoms with van der Waals surface area (Å²) in [5, 5.41) is 18.3. The average molecular weight is 823 g/mol. The highest BCUT2D eigenvalue weighted by Gasteiger charge is 2.27. The molecule has 0 amide bonds. The Morgan fingerprint density at radius 3 is 1.49 bits per heavy atom. The number of hydrogen-bond acceptors (Lipinski definition) is 9. The normalized spacial score (nSPS) is 14.5. The number of rotatable bonds is 40. The molecule has 0 saturated heterocycles. The minimum Gasteiger partial charge on any atom is -0.462 e. The second-order valence-corrected chi connectivity index (χ2v) is 15.8. The quantitative estimate of drug-likeness (QED) is 0.0236. The van der Waals surface area contributed by atoms with E-state index in [2.05, 4.69) is 91.3 Å². The number of aliphatic hydroxyl groups is 2. The molecule has 0 fully saturated rings. The van der Waals surface area contributed by atoms with E-state index in [-0.39, 0.29) is 19.4 Å². The monoisotopic (exact) mass is 823 g/mol. The number of hydrogen-bond donors (Lipinski definition) is 3. The molecule has 0 radical (unpaired) electrons. The van der Waals surface area contributed by atoms with Gasteiger partial charge >= 0.3 is 19.8 Å². The third-order valence-corrected chi connectivity index (χ3v) is 9.80. The molecule has 0 aromatic carbocycles. The zero-order valence-electron chi connectivity index (χ0n) is 35.5. The first-order valence-electron chi connectivity index (χ1n) is 21.9. The van der Waals surface area contributed by atoms with E-state index < -0.39 is 51.8 Å². The molecular formula is C46H79O10P. The molecule has 0 spiro atoms. The highest BCUT2D eigenvalue weighted by atomic mass is 31.2. The largest absolute Gasteiger partial charge is 0.472 e. The SMILES string of the molecule is CC/C=C/C/C=C/C/C=C/C/C=C/C/C=C/CCCCCC(=O)O[C@H](COC(=O)CCCCCCCCCCC/C=C/CCCC)COP(=O)(O)OC[C@@H](O)CO. The Balaban J connectivity index is 4.37. The van der Waals surface area contributed by atoms with Crippen molar-refractivity contribution in [3.8, 4) is 0 Å². The number of allylic oxidation sites excluding steroid dienone is 12. The van der Waals surface area contributed by atoms with E-state index in [1.54, 1.807) is 0 Å². The molecule has 3 N–H and O–H groups in total. The van der Waals surface area contributed by atoms with Gasteiger partial charge in [-0.05, 0) is 77.0 Å². The summed E-state index contributed by atoms with van der Waals surface area (Å²) in [5.41, 5.74) is 0. The standard InChI is InChI=1S/C46H79O10P/c1-3-5-7-9-11-13-15-17-19-20-21-22-24-26-28-30-32-34-36-38-46(50)56-44(42-55-57(51,52)54-40-43(48)39-47)41-53-45(49)37-35-33-31-29-27-25-23-18-16-14-12-10-8-6-4-2/h5,7,10-13,17,19,21-22,26,28,43-44,47-48H,3-4,6,8-9,14-16,18,20,23-25,27,29-42H2,1-2H3,(H,51,52)/b7-5+,12-10+,13-11+,19-17+,22-21+,28-26+/t43-,44+/m0/s1. The molecule has 0 heterocycles. The Hall–Kier alpha value is -2.59. The van der Waals surface area contributed by atoms with Crippen LogP contribution in [0, 0.1) is 0 Å². The minimum absolute atomic E-state index is 0.141. The van der Waals surface area contributed by atoms with E-state index in [9.17, 15) is 24.2 Å². The van der Waals surface area contributed by atoms with Crippen LogP contribution >= 0.6 is 7.82 Å². The Kier molecular flexibility index (Phi) is 39.7. The first-order valence-corrected chi connectivity index (χ1v) is 23.4. The summed E-state index contributed by atoms with van der Waals surface area (Å²) < 4.78 is 32.7. The van der Waals surface area contributed by atoms with Crippen LogP contribution in [0.15, 0.2) is 72.9 Å². The van der Waals surface area contributed by atoms with E-state index in [1.165, 1.54) is 57.8 Å². The Labute approximate surface area is 346 Å². The van der Waals surface area contributed by atoms with E-state index in [0.717, 1.165) is 70.6 Å². The number of phosphoric acid groups is 1. The number of unbranched alkanes of at least 4 members (excludes halogenated alkanes) is 14. The lowest BCUT2D eigenvalue weighted by atomic mass is 10.1. The second kappa shape index (κ2) is 41.6. The molecule has 0 aliphatic heterocycles. The van der Waals surface area contributed by atoms with Crippen molar-refractivity contribution >= 4 is 19.8 Å². The van der Waals surface area contributed by atoms with Crippen LogP contribution in [-0.2, 0) is 32.7 Å². The van der Waals surface area contributed by atoms with Crippen LogP contribution in [0.2, 0.25) is 0 Å². The van der Waals surface area contributed by atoms with Crippen LogP contribution in [0.4, 0.5) is 0 Å². The summed E-state index contributed by atoms with van der Waals surface area (Å²) in [6, 6.07) is 0.